The first-order valence-corrected chi connectivity index (χ1v) is 9.77. The highest BCUT2D eigenvalue weighted by molar-refractivity contribution is 5.79. The Morgan fingerprint density at radius 3 is 2.60 bits per heavy atom. The molecule has 6 heteroatoms. The molecule has 0 saturated heterocycles. The Morgan fingerprint density at radius 1 is 1.16 bits per heavy atom. The maximum atomic E-state index is 12.8. The second-order valence-corrected chi connectivity index (χ2v) is 7.11. The van der Waals surface area contributed by atoms with Crippen LogP contribution in [-0.4, -0.2) is 25.7 Å². The third-order valence-corrected chi connectivity index (χ3v) is 4.78. The maximum absolute atomic E-state index is 12.8. The molecule has 0 aliphatic carbocycles. The number of hydrogen-bond acceptors (Lipinski definition) is 3. The average Bonchev–Trinajstić information content (AvgIpc) is 3.12. The van der Waals surface area contributed by atoms with Gasteiger partial charge in [-0.15, -0.1) is 10.2 Å². The van der Waals surface area contributed by atoms with Gasteiger partial charge < -0.3 is 5.32 Å². The largest absolute Gasteiger partial charge is 0.346 e. The monoisotopic (exact) mass is 347 g/mol. The van der Waals surface area contributed by atoms with Crippen LogP contribution < -0.4 is 5.32 Å². The first-order chi connectivity index (χ1) is 12.1. The van der Waals surface area contributed by atoms with Crippen LogP contribution in [0.25, 0.3) is 5.65 Å². The van der Waals surface area contributed by atoms with Gasteiger partial charge in [0.25, 0.3) is 0 Å². The van der Waals surface area contributed by atoms with Gasteiger partial charge in [0.15, 0.2) is 11.5 Å². The fourth-order valence-corrected chi connectivity index (χ4v) is 3.27. The molecule has 0 spiro atoms. The van der Waals surface area contributed by atoms with Gasteiger partial charge >= 0.3 is 0 Å². The molecular weight excluding hydrogens is 314 g/mol. The lowest BCUT2D eigenvalue weighted by atomic mass is 9.94. The van der Waals surface area contributed by atoms with Crippen molar-refractivity contribution in [1.29, 1.82) is 0 Å². The Kier molecular flexibility index (Phi) is 7.47. The lowest BCUT2D eigenvalue weighted by molar-refractivity contribution is -0.126. The number of nitrogens with one attached hydrogen (secondary N) is 2. The minimum Gasteiger partial charge on any atom is -0.346 e. The molecule has 2 aromatic heterocycles. The number of aryl methyl sites for hydroxylation is 1. The molecule has 6 nitrogen and oxygen atoms in total. The molecule has 2 N–H and O–H groups in total. The molecule has 0 aliphatic heterocycles. The SMILES string of the molecule is CCCCCCC(CCCC)C(=O)NC(C)c1nnc2cc(C)[nH]n12. The number of nitrogens with zero attached hydrogens (tertiary/aromatic N) is 3. The van der Waals surface area contributed by atoms with Crippen molar-refractivity contribution in [2.75, 3.05) is 0 Å². The number of fused-ring (bicyclic) bond motifs is 1. The zero-order valence-corrected chi connectivity index (χ0v) is 16.1. The quantitative estimate of drug-likeness (QED) is 0.594. The molecule has 0 radical (unpaired) electrons. The van der Waals surface area contributed by atoms with Crippen LogP contribution in [-0.2, 0) is 4.79 Å². The van der Waals surface area contributed by atoms with E-state index in [0.29, 0.717) is 0 Å². The summed E-state index contributed by atoms with van der Waals surface area (Å²) in [5.41, 5.74) is 1.82. The van der Waals surface area contributed by atoms with E-state index in [1.165, 1.54) is 19.3 Å². The first-order valence-electron chi connectivity index (χ1n) is 9.77. The van der Waals surface area contributed by atoms with E-state index in [4.69, 9.17) is 0 Å². The van der Waals surface area contributed by atoms with E-state index in [1.54, 1.807) is 0 Å². The molecule has 2 aromatic rings. The predicted molar refractivity (Wildman–Crippen MR) is 100 cm³/mol. The molecule has 0 fully saturated rings. The molecule has 2 heterocycles. The van der Waals surface area contributed by atoms with E-state index < -0.39 is 0 Å². The van der Waals surface area contributed by atoms with Crippen molar-refractivity contribution in [1.82, 2.24) is 25.1 Å². The van der Waals surface area contributed by atoms with E-state index in [9.17, 15) is 4.79 Å². The Labute approximate surface area is 150 Å². The van der Waals surface area contributed by atoms with Crippen molar-refractivity contribution >= 4 is 11.6 Å². The lowest BCUT2D eigenvalue weighted by Crippen LogP contribution is -2.33. The molecule has 0 bridgehead atoms. The van der Waals surface area contributed by atoms with Gasteiger partial charge in [0, 0.05) is 17.7 Å². The van der Waals surface area contributed by atoms with Crippen LogP contribution in [0.5, 0.6) is 0 Å². The highest BCUT2D eigenvalue weighted by Crippen LogP contribution is 2.20. The van der Waals surface area contributed by atoms with Crippen LogP contribution in [0.2, 0.25) is 0 Å². The van der Waals surface area contributed by atoms with Crippen molar-refractivity contribution in [3.63, 3.8) is 0 Å². The van der Waals surface area contributed by atoms with Crippen LogP contribution in [0.3, 0.4) is 0 Å². The molecule has 2 atom stereocenters. The zero-order valence-electron chi connectivity index (χ0n) is 16.1. The summed E-state index contributed by atoms with van der Waals surface area (Å²) in [5, 5.41) is 14.8. The minimum absolute atomic E-state index is 0.105. The van der Waals surface area contributed by atoms with Crippen molar-refractivity contribution < 1.29 is 4.79 Å². The number of unbranched alkanes of at least 4 members (excludes halogenated alkanes) is 4. The molecule has 140 valence electrons. The second-order valence-electron chi connectivity index (χ2n) is 7.11. The summed E-state index contributed by atoms with van der Waals surface area (Å²) in [4.78, 5) is 12.8. The number of carbonyl (C=O) groups excluding carboxylic acids is 1. The number of aromatic nitrogens is 4. The summed E-state index contributed by atoms with van der Waals surface area (Å²) in [6.07, 6.45) is 9.01. The molecule has 1 amide bonds. The van der Waals surface area contributed by atoms with Gasteiger partial charge in [0.05, 0.1) is 6.04 Å². The Morgan fingerprint density at radius 2 is 1.88 bits per heavy atom. The summed E-state index contributed by atoms with van der Waals surface area (Å²) in [5.74, 6) is 1.00. The molecule has 0 aliphatic rings. The van der Waals surface area contributed by atoms with E-state index in [-0.39, 0.29) is 17.9 Å². The smallest absolute Gasteiger partial charge is 0.223 e. The van der Waals surface area contributed by atoms with Crippen molar-refractivity contribution in [3.05, 3.63) is 17.6 Å². The summed E-state index contributed by atoms with van der Waals surface area (Å²) in [7, 11) is 0. The molecule has 0 saturated carbocycles. The first kappa shape index (κ1) is 19.5. The topological polar surface area (TPSA) is 75.1 Å². The highest BCUT2D eigenvalue weighted by Gasteiger charge is 2.22. The van der Waals surface area contributed by atoms with E-state index in [2.05, 4.69) is 34.5 Å². The third-order valence-electron chi connectivity index (χ3n) is 4.78. The van der Waals surface area contributed by atoms with Crippen molar-refractivity contribution in [3.8, 4) is 0 Å². The number of carbonyl (C=O) groups is 1. The molecule has 0 aromatic carbocycles. The standard InChI is InChI=1S/C19H33N5O/c1-5-7-9-10-12-16(11-8-6-2)19(25)20-15(4)18-22-21-17-13-14(3)23-24(17)18/h13,15-16,23H,5-12H2,1-4H3,(H,20,25). The number of rotatable bonds is 11. The van der Waals surface area contributed by atoms with Crippen LogP contribution in [0, 0.1) is 12.8 Å². The number of H-pyrrole nitrogens is 1. The molecule has 25 heavy (non-hydrogen) atoms. The van der Waals surface area contributed by atoms with E-state index in [0.717, 1.165) is 49.3 Å². The van der Waals surface area contributed by atoms with E-state index >= 15 is 0 Å². The number of aromatic amines is 1. The van der Waals surface area contributed by atoms with Gasteiger partial charge in [-0.1, -0.05) is 52.4 Å². The summed E-state index contributed by atoms with van der Waals surface area (Å²) >= 11 is 0. The van der Waals surface area contributed by atoms with Gasteiger partial charge in [-0.25, -0.2) is 4.52 Å². The fourth-order valence-electron chi connectivity index (χ4n) is 3.27. The van der Waals surface area contributed by atoms with Gasteiger partial charge in [0.2, 0.25) is 5.91 Å². The summed E-state index contributed by atoms with van der Waals surface area (Å²) in [6.45, 7) is 8.34. The van der Waals surface area contributed by atoms with Gasteiger partial charge in [-0.2, -0.15) is 0 Å². The highest BCUT2D eigenvalue weighted by atomic mass is 16.1. The third kappa shape index (κ3) is 5.31. The summed E-state index contributed by atoms with van der Waals surface area (Å²) in [6, 6.07) is 1.78. The predicted octanol–water partition coefficient (Wildman–Crippen LogP) is 4.32. The fraction of sp³-hybridized carbons (Fsp3) is 0.737. The number of hydrogen-bond donors (Lipinski definition) is 2. The van der Waals surface area contributed by atoms with Crippen LogP contribution >= 0.6 is 0 Å². The van der Waals surface area contributed by atoms with E-state index in [1.807, 2.05) is 24.4 Å². The normalized spacial score (nSPS) is 13.9. The molecule has 2 unspecified atom stereocenters. The van der Waals surface area contributed by atoms with Crippen LogP contribution in [0.4, 0.5) is 0 Å². The van der Waals surface area contributed by atoms with Crippen LogP contribution in [0.15, 0.2) is 6.07 Å². The minimum atomic E-state index is -0.166. The van der Waals surface area contributed by atoms with Crippen LogP contribution in [0.1, 0.15) is 89.7 Å². The molecular formula is C19H33N5O. The summed E-state index contributed by atoms with van der Waals surface area (Å²) < 4.78 is 1.85. The number of amides is 1. The maximum Gasteiger partial charge on any atom is 0.223 e. The molecule has 2 rings (SSSR count). The Hall–Kier alpha value is -1.85. The van der Waals surface area contributed by atoms with Crippen molar-refractivity contribution in [2.24, 2.45) is 5.92 Å². The zero-order chi connectivity index (χ0) is 18.2. The Bertz CT molecular complexity index is 660. The van der Waals surface area contributed by atoms with Gasteiger partial charge in [-0.05, 0) is 26.7 Å². The lowest BCUT2D eigenvalue weighted by Gasteiger charge is -2.19. The second kappa shape index (κ2) is 9.59. The van der Waals surface area contributed by atoms with Crippen molar-refractivity contribution in [2.45, 2.75) is 85.1 Å². The average molecular weight is 348 g/mol. The van der Waals surface area contributed by atoms with Gasteiger partial charge in [0.1, 0.15) is 0 Å². The van der Waals surface area contributed by atoms with Gasteiger partial charge in [-0.3, -0.25) is 9.89 Å². The Balaban J connectivity index is 1.97.